The lowest BCUT2D eigenvalue weighted by molar-refractivity contribution is 0.0269. The lowest BCUT2D eigenvalue weighted by atomic mass is 10.1. The highest BCUT2D eigenvalue weighted by atomic mass is 35.5. The van der Waals surface area contributed by atoms with Crippen LogP contribution < -0.4 is 5.32 Å². The van der Waals surface area contributed by atoms with Gasteiger partial charge in [-0.1, -0.05) is 11.6 Å². The standard InChI is InChI=1S/C14H19ClN2O2/c1-16-13-6-5-10(15)8-12(13)14(18)17-7-3-4-11(9-17)19-2/h5-6,8,11,16H,3-4,7,9H2,1-2H3. The number of hydrogen-bond acceptors (Lipinski definition) is 3. The number of likely N-dealkylation sites (tertiary alicyclic amines) is 1. The molecule has 19 heavy (non-hydrogen) atoms. The van der Waals surface area contributed by atoms with Crippen LogP contribution in [0.15, 0.2) is 18.2 Å². The summed E-state index contributed by atoms with van der Waals surface area (Å²) in [6.07, 6.45) is 2.11. The summed E-state index contributed by atoms with van der Waals surface area (Å²) in [5, 5.41) is 3.60. The Morgan fingerprint density at radius 2 is 2.32 bits per heavy atom. The maximum absolute atomic E-state index is 12.6. The predicted molar refractivity (Wildman–Crippen MR) is 76.9 cm³/mol. The van der Waals surface area contributed by atoms with Crippen molar-refractivity contribution < 1.29 is 9.53 Å². The average Bonchev–Trinajstić information content (AvgIpc) is 2.46. The van der Waals surface area contributed by atoms with Gasteiger partial charge in [0.2, 0.25) is 0 Å². The molecule has 0 aromatic heterocycles. The molecule has 1 aliphatic heterocycles. The van der Waals surface area contributed by atoms with Crippen LogP contribution in [0.2, 0.25) is 5.02 Å². The van der Waals surface area contributed by atoms with Gasteiger partial charge < -0.3 is 15.0 Å². The number of carbonyl (C=O) groups is 1. The van der Waals surface area contributed by atoms with E-state index in [4.69, 9.17) is 16.3 Å². The zero-order valence-electron chi connectivity index (χ0n) is 11.3. The molecule has 0 saturated carbocycles. The largest absolute Gasteiger partial charge is 0.387 e. The van der Waals surface area contributed by atoms with Gasteiger partial charge >= 0.3 is 0 Å². The number of nitrogens with zero attached hydrogens (tertiary/aromatic N) is 1. The Kier molecular flexibility index (Phi) is 4.66. The molecule has 1 amide bonds. The van der Waals surface area contributed by atoms with Gasteiger partial charge in [-0.3, -0.25) is 4.79 Å². The molecule has 1 aliphatic rings. The van der Waals surface area contributed by atoms with Gasteiger partial charge in [-0.05, 0) is 31.0 Å². The molecule has 1 N–H and O–H groups in total. The van der Waals surface area contributed by atoms with Gasteiger partial charge in [0.15, 0.2) is 0 Å². The molecule has 1 saturated heterocycles. The van der Waals surface area contributed by atoms with E-state index >= 15 is 0 Å². The van der Waals surface area contributed by atoms with Gasteiger partial charge in [0.25, 0.3) is 5.91 Å². The Morgan fingerprint density at radius 1 is 1.53 bits per heavy atom. The number of piperidine rings is 1. The molecular formula is C14H19ClN2O2. The lowest BCUT2D eigenvalue weighted by Crippen LogP contribution is -2.43. The van der Waals surface area contributed by atoms with Crippen LogP contribution in [0.3, 0.4) is 0 Å². The summed E-state index contributed by atoms with van der Waals surface area (Å²) in [4.78, 5) is 14.4. The molecule has 0 spiro atoms. The van der Waals surface area contributed by atoms with Gasteiger partial charge in [-0.25, -0.2) is 0 Å². The van der Waals surface area contributed by atoms with E-state index < -0.39 is 0 Å². The fraction of sp³-hybridized carbons (Fsp3) is 0.500. The minimum atomic E-state index is 0.00796. The first-order valence-corrected chi connectivity index (χ1v) is 6.83. The molecule has 1 unspecified atom stereocenters. The van der Waals surface area contributed by atoms with Crippen molar-refractivity contribution in [2.75, 3.05) is 32.6 Å². The summed E-state index contributed by atoms with van der Waals surface area (Å²) in [5.41, 5.74) is 1.42. The Morgan fingerprint density at radius 3 is 3.00 bits per heavy atom. The highest BCUT2D eigenvalue weighted by Crippen LogP contribution is 2.23. The molecule has 4 nitrogen and oxygen atoms in total. The van der Waals surface area contributed by atoms with Gasteiger partial charge in [-0.15, -0.1) is 0 Å². The molecule has 1 fully saturated rings. The van der Waals surface area contributed by atoms with Crippen LogP contribution in [0.5, 0.6) is 0 Å². The molecule has 1 heterocycles. The molecule has 104 valence electrons. The number of halogens is 1. The van der Waals surface area contributed by atoms with Crippen LogP contribution in [0.25, 0.3) is 0 Å². The van der Waals surface area contributed by atoms with Crippen molar-refractivity contribution in [3.8, 4) is 0 Å². The highest BCUT2D eigenvalue weighted by Gasteiger charge is 2.25. The molecule has 5 heteroatoms. The number of amides is 1. The number of carbonyl (C=O) groups excluding carboxylic acids is 1. The third-order valence-electron chi connectivity index (χ3n) is 3.48. The van der Waals surface area contributed by atoms with Crippen molar-refractivity contribution in [3.05, 3.63) is 28.8 Å². The molecule has 1 atom stereocenters. The predicted octanol–water partition coefficient (Wildman–Crippen LogP) is 2.63. The van der Waals surface area contributed by atoms with Crippen LogP contribution in [0.4, 0.5) is 5.69 Å². The normalized spacial score (nSPS) is 19.3. The number of methoxy groups -OCH3 is 1. The first-order chi connectivity index (χ1) is 9.15. The van der Waals surface area contributed by atoms with Gasteiger partial charge in [0.05, 0.1) is 11.7 Å². The van der Waals surface area contributed by atoms with Crippen molar-refractivity contribution in [3.63, 3.8) is 0 Å². The first-order valence-electron chi connectivity index (χ1n) is 6.45. The van der Waals surface area contributed by atoms with E-state index in [9.17, 15) is 4.79 Å². The van der Waals surface area contributed by atoms with Crippen LogP contribution in [-0.2, 0) is 4.74 Å². The maximum atomic E-state index is 12.6. The number of ether oxygens (including phenoxy) is 1. The SMILES string of the molecule is CNc1ccc(Cl)cc1C(=O)N1CCCC(OC)C1. The zero-order valence-corrected chi connectivity index (χ0v) is 12.0. The van der Waals surface area contributed by atoms with Crippen molar-refractivity contribution in [1.82, 2.24) is 4.90 Å². The van der Waals surface area contributed by atoms with Crippen molar-refractivity contribution in [2.24, 2.45) is 0 Å². The Bertz CT molecular complexity index is 465. The molecule has 0 bridgehead atoms. The minimum Gasteiger partial charge on any atom is -0.387 e. The van der Waals surface area contributed by atoms with E-state index in [0.29, 0.717) is 17.1 Å². The van der Waals surface area contributed by atoms with Gasteiger partial charge in [-0.2, -0.15) is 0 Å². The molecule has 0 aliphatic carbocycles. The summed E-state index contributed by atoms with van der Waals surface area (Å²) in [6, 6.07) is 5.32. The molecule has 2 rings (SSSR count). The molecule has 1 aromatic rings. The van der Waals surface area contributed by atoms with E-state index in [2.05, 4.69) is 5.32 Å². The third kappa shape index (κ3) is 3.19. The Labute approximate surface area is 118 Å². The third-order valence-corrected chi connectivity index (χ3v) is 3.72. The second kappa shape index (κ2) is 6.26. The second-order valence-corrected chi connectivity index (χ2v) is 5.13. The van der Waals surface area contributed by atoms with Crippen molar-refractivity contribution in [1.29, 1.82) is 0 Å². The maximum Gasteiger partial charge on any atom is 0.256 e. The number of benzene rings is 1. The van der Waals surface area contributed by atoms with Gasteiger partial charge in [0, 0.05) is 38.0 Å². The van der Waals surface area contributed by atoms with Crippen LogP contribution in [-0.4, -0.2) is 44.2 Å². The smallest absolute Gasteiger partial charge is 0.256 e. The Balaban J connectivity index is 2.21. The number of rotatable bonds is 3. The van der Waals surface area contributed by atoms with E-state index in [1.54, 1.807) is 26.3 Å². The molecule has 1 aromatic carbocycles. The topological polar surface area (TPSA) is 41.6 Å². The lowest BCUT2D eigenvalue weighted by Gasteiger charge is -2.32. The summed E-state index contributed by atoms with van der Waals surface area (Å²) in [7, 11) is 3.49. The fourth-order valence-corrected chi connectivity index (χ4v) is 2.57. The first kappa shape index (κ1) is 14.2. The zero-order chi connectivity index (χ0) is 13.8. The van der Waals surface area contributed by atoms with Crippen molar-refractivity contribution >= 4 is 23.2 Å². The van der Waals surface area contributed by atoms with E-state index in [1.165, 1.54) is 0 Å². The summed E-state index contributed by atoms with van der Waals surface area (Å²) in [6.45, 7) is 1.42. The average molecular weight is 283 g/mol. The number of hydrogen-bond donors (Lipinski definition) is 1. The monoisotopic (exact) mass is 282 g/mol. The minimum absolute atomic E-state index is 0.00796. The Hall–Kier alpha value is -1.26. The van der Waals surface area contributed by atoms with E-state index in [1.807, 2.05) is 11.0 Å². The number of anilines is 1. The second-order valence-electron chi connectivity index (χ2n) is 4.69. The van der Waals surface area contributed by atoms with Gasteiger partial charge in [0.1, 0.15) is 0 Å². The summed E-state index contributed by atoms with van der Waals surface area (Å²) >= 11 is 5.99. The molecule has 0 radical (unpaired) electrons. The highest BCUT2D eigenvalue weighted by molar-refractivity contribution is 6.31. The summed E-state index contributed by atoms with van der Waals surface area (Å²) < 4.78 is 5.35. The molecular weight excluding hydrogens is 264 g/mol. The quantitative estimate of drug-likeness (QED) is 0.927. The fourth-order valence-electron chi connectivity index (χ4n) is 2.40. The van der Waals surface area contributed by atoms with Crippen molar-refractivity contribution in [2.45, 2.75) is 18.9 Å². The van der Waals surface area contributed by atoms with Crippen LogP contribution in [0.1, 0.15) is 23.2 Å². The van der Waals surface area contributed by atoms with E-state index in [-0.39, 0.29) is 12.0 Å². The van der Waals surface area contributed by atoms with Crippen LogP contribution in [0, 0.1) is 0 Å². The number of nitrogens with one attached hydrogen (secondary N) is 1. The van der Waals surface area contributed by atoms with Crippen LogP contribution >= 0.6 is 11.6 Å². The van der Waals surface area contributed by atoms with E-state index in [0.717, 1.165) is 25.1 Å². The summed E-state index contributed by atoms with van der Waals surface area (Å²) in [5.74, 6) is 0.00796.